The van der Waals surface area contributed by atoms with Crippen molar-refractivity contribution in [2.75, 3.05) is 6.61 Å². The first-order valence-electron chi connectivity index (χ1n) is 3.00. The number of halogens is 1. The highest BCUT2D eigenvalue weighted by molar-refractivity contribution is 6.29. The molecule has 0 aliphatic rings. The van der Waals surface area contributed by atoms with Crippen LogP contribution < -0.4 is 4.74 Å². The lowest BCUT2D eigenvalue weighted by Gasteiger charge is -1.98. The van der Waals surface area contributed by atoms with Crippen LogP contribution in [0.2, 0.25) is 5.15 Å². The molecular formula is C7H7ClNO. The summed E-state index contributed by atoms with van der Waals surface area (Å²) < 4.78 is 5.04. The zero-order valence-corrected chi connectivity index (χ0v) is 6.35. The van der Waals surface area contributed by atoms with Crippen molar-refractivity contribution in [3.63, 3.8) is 0 Å². The number of pyridine rings is 1. The Morgan fingerprint density at radius 1 is 1.80 bits per heavy atom. The van der Waals surface area contributed by atoms with E-state index in [2.05, 4.69) is 11.1 Å². The molecule has 1 rings (SSSR count). The Hall–Kier alpha value is -0.760. The summed E-state index contributed by atoms with van der Waals surface area (Å²) >= 11 is 5.57. The van der Waals surface area contributed by atoms with Gasteiger partial charge < -0.3 is 4.74 Å². The second-order valence-corrected chi connectivity index (χ2v) is 2.04. The van der Waals surface area contributed by atoms with E-state index in [0.29, 0.717) is 17.6 Å². The summed E-state index contributed by atoms with van der Waals surface area (Å²) in [6, 6.07) is 6.13. The van der Waals surface area contributed by atoms with Gasteiger partial charge in [-0.3, -0.25) is 0 Å². The molecule has 0 aliphatic heterocycles. The van der Waals surface area contributed by atoms with Crippen molar-refractivity contribution in [1.82, 2.24) is 4.98 Å². The molecule has 0 saturated heterocycles. The van der Waals surface area contributed by atoms with Crippen molar-refractivity contribution in [3.8, 4) is 5.88 Å². The fourth-order valence-corrected chi connectivity index (χ4v) is 0.699. The van der Waals surface area contributed by atoms with Gasteiger partial charge in [-0.1, -0.05) is 11.6 Å². The summed E-state index contributed by atoms with van der Waals surface area (Å²) in [4.78, 5) is 3.85. The predicted octanol–water partition coefficient (Wildman–Crippen LogP) is 1.93. The van der Waals surface area contributed by atoms with Crippen LogP contribution in [-0.2, 0) is 0 Å². The van der Waals surface area contributed by atoms with Gasteiger partial charge in [0.15, 0.2) is 0 Å². The first-order chi connectivity index (χ1) is 4.83. The summed E-state index contributed by atoms with van der Waals surface area (Å²) in [6.45, 7) is 2.47. The van der Waals surface area contributed by atoms with E-state index in [9.17, 15) is 0 Å². The van der Waals surface area contributed by atoms with Crippen molar-refractivity contribution < 1.29 is 4.74 Å². The molecule has 0 atom stereocenters. The van der Waals surface area contributed by atoms with Crippen molar-refractivity contribution >= 4 is 11.6 Å². The molecule has 1 aromatic heterocycles. The molecule has 0 unspecified atom stereocenters. The van der Waals surface area contributed by atoms with Gasteiger partial charge in [0, 0.05) is 6.07 Å². The quantitative estimate of drug-likeness (QED) is 0.611. The third-order valence-corrected chi connectivity index (χ3v) is 1.13. The Kier molecular flexibility index (Phi) is 2.51. The lowest BCUT2D eigenvalue weighted by atomic mass is 10.5. The van der Waals surface area contributed by atoms with Crippen molar-refractivity contribution in [2.45, 2.75) is 6.92 Å². The van der Waals surface area contributed by atoms with Gasteiger partial charge in [0.1, 0.15) is 5.15 Å². The van der Waals surface area contributed by atoms with E-state index >= 15 is 0 Å². The third kappa shape index (κ3) is 1.88. The molecule has 0 aliphatic carbocycles. The van der Waals surface area contributed by atoms with Crippen LogP contribution in [0.5, 0.6) is 5.88 Å². The van der Waals surface area contributed by atoms with Crippen LogP contribution in [0.4, 0.5) is 0 Å². The van der Waals surface area contributed by atoms with E-state index < -0.39 is 0 Å². The molecule has 3 heteroatoms. The van der Waals surface area contributed by atoms with Gasteiger partial charge in [-0.05, 0) is 19.1 Å². The molecule has 1 aromatic rings. The molecular weight excluding hydrogens is 150 g/mol. The first kappa shape index (κ1) is 7.35. The molecule has 0 N–H and O–H groups in total. The minimum atomic E-state index is 0.433. The van der Waals surface area contributed by atoms with E-state index in [1.165, 1.54) is 0 Å². The molecule has 0 spiro atoms. The Balaban J connectivity index is 2.75. The molecule has 1 radical (unpaired) electrons. The van der Waals surface area contributed by atoms with Crippen LogP contribution in [0.15, 0.2) is 12.1 Å². The monoisotopic (exact) mass is 156 g/mol. The van der Waals surface area contributed by atoms with Gasteiger partial charge in [0.25, 0.3) is 0 Å². The molecule has 0 bridgehead atoms. The highest BCUT2D eigenvalue weighted by atomic mass is 35.5. The number of aromatic nitrogens is 1. The Bertz CT molecular complexity index is 215. The van der Waals surface area contributed by atoms with Gasteiger partial charge in [-0.15, -0.1) is 0 Å². The van der Waals surface area contributed by atoms with Crippen LogP contribution in [0, 0.1) is 6.07 Å². The maximum Gasteiger partial charge on any atom is 0.222 e. The van der Waals surface area contributed by atoms with Gasteiger partial charge in [0.05, 0.1) is 6.61 Å². The zero-order valence-electron chi connectivity index (χ0n) is 5.60. The second-order valence-electron chi connectivity index (χ2n) is 1.65. The van der Waals surface area contributed by atoms with Gasteiger partial charge in [-0.2, -0.15) is 0 Å². The second kappa shape index (κ2) is 3.42. The average Bonchev–Trinajstić information content (AvgIpc) is 1.88. The van der Waals surface area contributed by atoms with E-state index in [1.54, 1.807) is 12.1 Å². The standard InChI is InChI=1S/C7H7ClNO/c1-2-10-7-5-3-4-6(8)9-7/h3-4H,2H2,1H3. The SMILES string of the molecule is CCOc1[c]ccc(Cl)n1. The van der Waals surface area contributed by atoms with E-state index in [0.717, 1.165) is 0 Å². The van der Waals surface area contributed by atoms with Gasteiger partial charge in [0.2, 0.25) is 5.88 Å². The zero-order chi connectivity index (χ0) is 7.40. The average molecular weight is 157 g/mol. The van der Waals surface area contributed by atoms with Gasteiger partial charge >= 0.3 is 0 Å². The Morgan fingerprint density at radius 2 is 2.60 bits per heavy atom. The fourth-order valence-electron chi connectivity index (χ4n) is 0.559. The van der Waals surface area contributed by atoms with E-state index in [-0.39, 0.29) is 0 Å². The summed E-state index contributed by atoms with van der Waals surface area (Å²) in [5, 5.41) is 0.433. The lowest BCUT2D eigenvalue weighted by Crippen LogP contribution is -1.93. The van der Waals surface area contributed by atoms with Crippen molar-refractivity contribution in [3.05, 3.63) is 23.4 Å². The third-order valence-electron chi connectivity index (χ3n) is 0.917. The number of rotatable bonds is 2. The molecule has 53 valence electrons. The smallest absolute Gasteiger partial charge is 0.222 e. The summed E-state index contributed by atoms with van der Waals surface area (Å²) in [7, 11) is 0. The normalized spacial score (nSPS) is 9.40. The predicted molar refractivity (Wildman–Crippen MR) is 39.3 cm³/mol. The molecule has 1 heterocycles. The molecule has 0 aromatic carbocycles. The van der Waals surface area contributed by atoms with Crippen LogP contribution in [0.3, 0.4) is 0 Å². The van der Waals surface area contributed by atoms with Gasteiger partial charge in [-0.25, -0.2) is 4.98 Å². The van der Waals surface area contributed by atoms with Crippen molar-refractivity contribution in [1.29, 1.82) is 0 Å². The van der Waals surface area contributed by atoms with E-state index in [4.69, 9.17) is 16.3 Å². The van der Waals surface area contributed by atoms with Crippen LogP contribution >= 0.6 is 11.6 Å². The topological polar surface area (TPSA) is 22.1 Å². The van der Waals surface area contributed by atoms with Crippen LogP contribution in [-0.4, -0.2) is 11.6 Å². The number of ether oxygens (including phenoxy) is 1. The van der Waals surface area contributed by atoms with E-state index in [1.807, 2.05) is 6.92 Å². The number of nitrogens with zero attached hydrogens (tertiary/aromatic N) is 1. The number of hydrogen-bond donors (Lipinski definition) is 0. The molecule has 0 amide bonds. The maximum atomic E-state index is 5.57. The summed E-state index contributed by atoms with van der Waals surface area (Å²) in [5.41, 5.74) is 0. The number of hydrogen-bond acceptors (Lipinski definition) is 2. The summed E-state index contributed by atoms with van der Waals surface area (Å²) in [6.07, 6.45) is 0. The molecule has 10 heavy (non-hydrogen) atoms. The Morgan fingerprint density at radius 3 is 3.20 bits per heavy atom. The summed E-state index contributed by atoms with van der Waals surface area (Å²) in [5.74, 6) is 0.454. The van der Waals surface area contributed by atoms with Crippen molar-refractivity contribution in [2.24, 2.45) is 0 Å². The largest absolute Gasteiger partial charge is 0.477 e. The van der Waals surface area contributed by atoms with Crippen LogP contribution in [0.1, 0.15) is 6.92 Å². The Labute approximate surface area is 64.8 Å². The molecule has 2 nitrogen and oxygen atoms in total. The molecule has 0 saturated carbocycles. The highest BCUT2D eigenvalue weighted by Gasteiger charge is 1.93. The minimum Gasteiger partial charge on any atom is -0.477 e. The maximum absolute atomic E-state index is 5.57. The van der Waals surface area contributed by atoms with Crippen LogP contribution in [0.25, 0.3) is 0 Å². The fraction of sp³-hybridized carbons (Fsp3) is 0.286. The highest BCUT2D eigenvalue weighted by Crippen LogP contribution is 2.09. The lowest BCUT2D eigenvalue weighted by molar-refractivity contribution is 0.326. The minimum absolute atomic E-state index is 0.433. The first-order valence-corrected chi connectivity index (χ1v) is 3.37. The molecule has 0 fully saturated rings.